The predicted molar refractivity (Wildman–Crippen MR) is 130 cm³/mol. The second-order valence-corrected chi connectivity index (χ2v) is 8.14. The van der Waals surface area contributed by atoms with Gasteiger partial charge in [0.1, 0.15) is 34.4 Å². The zero-order chi connectivity index (χ0) is 24.7. The maximum absolute atomic E-state index is 14.6. The van der Waals surface area contributed by atoms with Crippen LogP contribution in [0.25, 0.3) is 38.8 Å². The minimum Gasteiger partial charge on any atom is -0.462 e. The fourth-order valence-corrected chi connectivity index (χ4v) is 4.41. The molecule has 0 bridgehead atoms. The number of hydrogen-bond donors (Lipinski definition) is 0. The highest BCUT2D eigenvalue weighted by Gasteiger charge is 2.22. The Kier molecular flexibility index (Phi) is 5.63. The number of fused-ring (bicyclic) bond motifs is 2. The van der Waals surface area contributed by atoms with E-state index in [1.165, 1.54) is 24.5 Å². The van der Waals surface area contributed by atoms with Gasteiger partial charge in [0.2, 0.25) is 0 Å². The van der Waals surface area contributed by atoms with Crippen LogP contribution in [0.4, 0.5) is 4.39 Å². The average molecular weight is 486 g/mol. The van der Waals surface area contributed by atoms with Gasteiger partial charge in [-0.25, -0.2) is 19.2 Å². The van der Waals surface area contributed by atoms with Crippen LogP contribution in [0, 0.1) is 24.1 Å². The maximum Gasteiger partial charge on any atom is 0.340 e. The van der Waals surface area contributed by atoms with E-state index >= 15 is 0 Å². The van der Waals surface area contributed by atoms with Gasteiger partial charge in [-0.2, -0.15) is 5.26 Å². The van der Waals surface area contributed by atoms with Crippen LogP contribution in [0.1, 0.15) is 28.8 Å². The molecule has 0 saturated heterocycles. The van der Waals surface area contributed by atoms with Gasteiger partial charge in [-0.1, -0.05) is 11.6 Å². The number of imidazole rings is 1. The van der Waals surface area contributed by atoms with Crippen LogP contribution >= 0.6 is 11.6 Å². The number of pyridine rings is 2. The second kappa shape index (κ2) is 8.78. The standard InChI is InChI=1S/C26H17ClFN5O2/c1-3-35-26(34)18-11-16(15-6-8-30-17(10-15)13-29)12-22-24(18)32-14(2)33(22)21-7-9-31-25-20(28)5-4-19(27)23(21)25/h4-12H,3H2,1-2H3. The average Bonchev–Trinajstić information content (AvgIpc) is 3.21. The summed E-state index contributed by atoms with van der Waals surface area (Å²) in [5.74, 6) is -0.466. The Morgan fingerprint density at radius 3 is 2.69 bits per heavy atom. The quantitative estimate of drug-likeness (QED) is 0.299. The Hall–Kier alpha value is -4.35. The van der Waals surface area contributed by atoms with Crippen molar-refractivity contribution < 1.29 is 13.9 Å². The number of ether oxygens (including phenoxy) is 1. The van der Waals surface area contributed by atoms with Crippen molar-refractivity contribution in [1.82, 2.24) is 19.5 Å². The van der Waals surface area contributed by atoms with Gasteiger partial charge in [-0.05, 0) is 67.4 Å². The van der Waals surface area contributed by atoms with E-state index in [0.717, 1.165) is 0 Å². The number of nitrogens with zero attached hydrogens (tertiary/aromatic N) is 5. The first-order chi connectivity index (χ1) is 16.9. The van der Waals surface area contributed by atoms with Crippen molar-refractivity contribution in [2.45, 2.75) is 13.8 Å². The third-order valence-corrected chi connectivity index (χ3v) is 5.96. The molecule has 0 N–H and O–H groups in total. The van der Waals surface area contributed by atoms with E-state index in [-0.39, 0.29) is 23.4 Å². The topological polar surface area (TPSA) is 93.7 Å². The van der Waals surface area contributed by atoms with Crippen molar-refractivity contribution in [3.63, 3.8) is 0 Å². The summed E-state index contributed by atoms with van der Waals surface area (Å²) in [6.45, 7) is 3.71. The number of halogens is 2. The third kappa shape index (κ3) is 3.76. The van der Waals surface area contributed by atoms with Crippen molar-refractivity contribution in [3.8, 4) is 22.9 Å². The Morgan fingerprint density at radius 2 is 1.91 bits per heavy atom. The molecule has 0 unspecified atom stereocenters. The summed E-state index contributed by atoms with van der Waals surface area (Å²) in [7, 11) is 0. The number of esters is 1. The van der Waals surface area contributed by atoms with Gasteiger partial charge < -0.3 is 4.74 Å². The molecular formula is C26H17ClFN5O2. The Bertz CT molecular complexity index is 1690. The van der Waals surface area contributed by atoms with E-state index in [9.17, 15) is 14.4 Å². The highest BCUT2D eigenvalue weighted by atomic mass is 35.5. The molecular weight excluding hydrogens is 469 g/mol. The van der Waals surface area contributed by atoms with E-state index in [0.29, 0.717) is 44.1 Å². The fourth-order valence-electron chi connectivity index (χ4n) is 4.16. The Morgan fingerprint density at radius 1 is 1.11 bits per heavy atom. The minimum absolute atomic E-state index is 0.130. The monoisotopic (exact) mass is 485 g/mol. The zero-order valence-corrected chi connectivity index (χ0v) is 19.5. The predicted octanol–water partition coefficient (Wildman–Crippen LogP) is 5.79. The molecule has 35 heavy (non-hydrogen) atoms. The van der Waals surface area contributed by atoms with E-state index in [1.54, 1.807) is 38.1 Å². The maximum atomic E-state index is 14.6. The normalized spacial score (nSPS) is 11.1. The smallest absolute Gasteiger partial charge is 0.340 e. The molecule has 5 aromatic rings. The van der Waals surface area contributed by atoms with Crippen LogP contribution in [-0.4, -0.2) is 32.1 Å². The summed E-state index contributed by atoms with van der Waals surface area (Å²) >= 11 is 6.49. The van der Waals surface area contributed by atoms with Crippen molar-refractivity contribution in [2.24, 2.45) is 0 Å². The molecule has 0 atom stereocenters. The summed E-state index contributed by atoms with van der Waals surface area (Å²) in [4.78, 5) is 25.8. The van der Waals surface area contributed by atoms with Gasteiger partial charge in [-0.15, -0.1) is 0 Å². The van der Waals surface area contributed by atoms with Crippen molar-refractivity contribution in [1.29, 1.82) is 5.26 Å². The lowest BCUT2D eigenvalue weighted by Crippen LogP contribution is -2.06. The van der Waals surface area contributed by atoms with Crippen molar-refractivity contribution >= 4 is 39.5 Å². The molecule has 0 aliphatic carbocycles. The van der Waals surface area contributed by atoms with E-state index < -0.39 is 11.8 Å². The van der Waals surface area contributed by atoms with Gasteiger partial charge >= 0.3 is 5.97 Å². The van der Waals surface area contributed by atoms with Gasteiger partial charge in [0.15, 0.2) is 0 Å². The van der Waals surface area contributed by atoms with Gasteiger partial charge in [0.05, 0.1) is 28.4 Å². The number of aryl methyl sites for hydroxylation is 1. The first kappa shape index (κ1) is 22.4. The highest BCUT2D eigenvalue weighted by molar-refractivity contribution is 6.36. The zero-order valence-electron chi connectivity index (χ0n) is 18.7. The molecule has 0 spiro atoms. The number of hydrogen-bond acceptors (Lipinski definition) is 6. The molecule has 3 heterocycles. The molecule has 0 aliphatic heterocycles. The number of rotatable bonds is 4. The van der Waals surface area contributed by atoms with E-state index in [4.69, 9.17) is 16.3 Å². The number of carbonyl (C=O) groups excluding carboxylic acids is 1. The molecule has 5 rings (SSSR count). The largest absolute Gasteiger partial charge is 0.462 e. The molecule has 0 radical (unpaired) electrons. The summed E-state index contributed by atoms with van der Waals surface area (Å²) < 4.78 is 21.7. The molecule has 7 nitrogen and oxygen atoms in total. The summed E-state index contributed by atoms with van der Waals surface area (Å²) in [5, 5.41) is 10.0. The van der Waals surface area contributed by atoms with Crippen LogP contribution < -0.4 is 0 Å². The lowest BCUT2D eigenvalue weighted by molar-refractivity contribution is 0.0528. The SMILES string of the molecule is CCOC(=O)c1cc(-c2ccnc(C#N)c2)cc2c1nc(C)n2-c1ccnc2c(F)ccc(Cl)c12. The number of aromatic nitrogens is 4. The lowest BCUT2D eigenvalue weighted by atomic mass is 10.0. The van der Waals surface area contributed by atoms with Crippen LogP contribution in [0.15, 0.2) is 54.9 Å². The van der Waals surface area contributed by atoms with Crippen LogP contribution in [0.2, 0.25) is 5.02 Å². The van der Waals surface area contributed by atoms with E-state index in [2.05, 4.69) is 15.0 Å². The first-order valence-electron chi connectivity index (χ1n) is 10.7. The molecule has 0 amide bonds. The Labute approximate surface area is 204 Å². The Balaban J connectivity index is 1.88. The summed E-state index contributed by atoms with van der Waals surface area (Å²) in [5.41, 5.74) is 3.58. The lowest BCUT2D eigenvalue weighted by Gasteiger charge is -2.13. The van der Waals surface area contributed by atoms with Crippen LogP contribution in [-0.2, 0) is 4.74 Å². The molecule has 172 valence electrons. The minimum atomic E-state index is -0.526. The van der Waals surface area contributed by atoms with Crippen molar-refractivity contribution in [3.05, 3.63) is 82.8 Å². The molecule has 0 aliphatic rings. The fraction of sp³-hybridized carbons (Fsp3) is 0.115. The molecule has 3 aromatic heterocycles. The van der Waals surface area contributed by atoms with Crippen LogP contribution in [0.3, 0.4) is 0 Å². The number of carbonyl (C=O) groups is 1. The number of benzene rings is 2. The molecule has 0 saturated carbocycles. The second-order valence-electron chi connectivity index (χ2n) is 7.73. The molecule has 2 aromatic carbocycles. The molecule has 9 heteroatoms. The van der Waals surface area contributed by atoms with E-state index in [1.807, 2.05) is 16.7 Å². The first-order valence-corrected chi connectivity index (χ1v) is 11.1. The highest BCUT2D eigenvalue weighted by Crippen LogP contribution is 2.35. The van der Waals surface area contributed by atoms with Gasteiger partial charge in [0, 0.05) is 17.8 Å². The van der Waals surface area contributed by atoms with Crippen molar-refractivity contribution in [2.75, 3.05) is 6.61 Å². The summed E-state index contributed by atoms with van der Waals surface area (Å²) in [6.07, 6.45) is 3.03. The van der Waals surface area contributed by atoms with Gasteiger partial charge in [0.25, 0.3) is 0 Å². The molecule has 0 fully saturated rings. The third-order valence-electron chi connectivity index (χ3n) is 5.64. The van der Waals surface area contributed by atoms with Crippen LogP contribution in [0.5, 0.6) is 0 Å². The van der Waals surface area contributed by atoms with Gasteiger partial charge in [-0.3, -0.25) is 9.55 Å². The summed E-state index contributed by atoms with van der Waals surface area (Å²) in [6, 6.07) is 13.4. The number of nitriles is 1.